The minimum atomic E-state index is -0.180. The monoisotopic (exact) mass is 459 g/mol. The van der Waals surface area contributed by atoms with Gasteiger partial charge >= 0.3 is 6.03 Å². The Morgan fingerprint density at radius 1 is 1.15 bits per heavy atom. The molecule has 5 nitrogen and oxygen atoms in total. The van der Waals surface area contributed by atoms with Crippen LogP contribution >= 0.6 is 0 Å². The molecule has 5 heteroatoms. The van der Waals surface area contributed by atoms with Crippen LogP contribution in [0.15, 0.2) is 48.2 Å². The lowest BCUT2D eigenvalue weighted by molar-refractivity contribution is -0.125. The van der Waals surface area contributed by atoms with Gasteiger partial charge in [0.25, 0.3) is 0 Å². The fourth-order valence-electron chi connectivity index (χ4n) is 3.68. The summed E-state index contributed by atoms with van der Waals surface area (Å²) in [6, 6.07) is -0.121. The first-order chi connectivity index (χ1) is 15.9. The molecule has 0 aromatic rings. The van der Waals surface area contributed by atoms with Crippen molar-refractivity contribution < 1.29 is 9.59 Å². The van der Waals surface area contributed by atoms with Gasteiger partial charge in [-0.1, -0.05) is 84.4 Å². The highest BCUT2D eigenvalue weighted by Gasteiger charge is 2.17. The minimum absolute atomic E-state index is 0.0594. The van der Waals surface area contributed by atoms with Crippen molar-refractivity contribution in [1.29, 1.82) is 0 Å². The lowest BCUT2D eigenvalue weighted by Gasteiger charge is -2.20. The molecule has 0 spiro atoms. The van der Waals surface area contributed by atoms with E-state index in [-0.39, 0.29) is 23.9 Å². The number of allylic oxidation sites excluding steroid dienone is 6. The molecule has 1 aliphatic rings. The standard InChI is InChI=1S/C26H43N3O2.C2H6/c1-6-13-22(8-3)25(30)28-21(5)16-12-18-24(14-7-2)29-26(31)27-19-23-17-11-9-10-15-20(23)4;1-2/h9-12,14-15,18,20-23H,6-8,13,16-17,19H2,1-5H3,(H,28,30)(H2,27,29,31);1-2H3/b18-12-,24-14+;/t20?,21-,22?,23+;/m0./s1. The highest BCUT2D eigenvalue weighted by Crippen LogP contribution is 2.19. The van der Waals surface area contributed by atoms with E-state index in [0.717, 1.165) is 44.2 Å². The molecule has 0 heterocycles. The normalized spacial score (nSPS) is 19.8. The van der Waals surface area contributed by atoms with Gasteiger partial charge in [0.2, 0.25) is 5.91 Å². The van der Waals surface area contributed by atoms with Crippen LogP contribution in [0.3, 0.4) is 0 Å². The van der Waals surface area contributed by atoms with Gasteiger partial charge < -0.3 is 16.0 Å². The van der Waals surface area contributed by atoms with Crippen LogP contribution in [0, 0.1) is 17.8 Å². The molecule has 2 unspecified atom stereocenters. The third-order valence-corrected chi connectivity index (χ3v) is 5.73. The molecule has 0 saturated carbocycles. The SMILES string of the molecule is CC.CC/C=C(\C=C/C[C@H](C)NC(=O)C(CC)CCC)NC(=O)NC[C@H]1CC=CC=CC1C. The average molecular weight is 460 g/mol. The van der Waals surface area contributed by atoms with E-state index in [1.54, 1.807) is 0 Å². The van der Waals surface area contributed by atoms with Crippen LogP contribution in [0.1, 0.15) is 87.0 Å². The molecule has 0 bridgehead atoms. The second kappa shape index (κ2) is 19.2. The van der Waals surface area contributed by atoms with E-state index in [2.05, 4.69) is 61.0 Å². The van der Waals surface area contributed by atoms with Crippen molar-refractivity contribution in [3.05, 3.63) is 48.2 Å². The van der Waals surface area contributed by atoms with Gasteiger partial charge in [-0.15, -0.1) is 0 Å². The Kier molecular flexibility index (Phi) is 17.9. The number of hydrogen-bond donors (Lipinski definition) is 3. The maximum absolute atomic E-state index is 12.4. The topological polar surface area (TPSA) is 70.2 Å². The van der Waals surface area contributed by atoms with E-state index in [1.807, 2.05) is 45.9 Å². The van der Waals surface area contributed by atoms with Crippen molar-refractivity contribution in [2.24, 2.45) is 17.8 Å². The first-order valence-corrected chi connectivity index (χ1v) is 13.0. The van der Waals surface area contributed by atoms with Crippen LogP contribution in [0.4, 0.5) is 4.79 Å². The molecule has 0 fully saturated rings. The van der Waals surface area contributed by atoms with Crippen molar-refractivity contribution in [1.82, 2.24) is 16.0 Å². The van der Waals surface area contributed by atoms with Crippen molar-refractivity contribution in [2.45, 2.75) is 93.0 Å². The van der Waals surface area contributed by atoms with E-state index < -0.39 is 0 Å². The van der Waals surface area contributed by atoms with Crippen molar-refractivity contribution in [3.8, 4) is 0 Å². The largest absolute Gasteiger partial charge is 0.353 e. The summed E-state index contributed by atoms with van der Waals surface area (Å²) in [7, 11) is 0. The first kappa shape index (κ1) is 30.7. The van der Waals surface area contributed by atoms with Gasteiger partial charge in [0.15, 0.2) is 0 Å². The summed E-state index contributed by atoms with van der Waals surface area (Å²) in [6.45, 7) is 15.1. The number of carbonyl (C=O) groups excluding carboxylic acids is 2. The Balaban J connectivity index is 0.00000497. The second-order valence-electron chi connectivity index (χ2n) is 8.51. The lowest BCUT2D eigenvalue weighted by Crippen LogP contribution is -2.38. The smallest absolute Gasteiger partial charge is 0.319 e. The Labute approximate surface area is 203 Å². The zero-order valence-corrected chi connectivity index (χ0v) is 22.1. The predicted molar refractivity (Wildman–Crippen MR) is 142 cm³/mol. The number of urea groups is 1. The molecular formula is C28H49N3O2. The second-order valence-corrected chi connectivity index (χ2v) is 8.51. The van der Waals surface area contributed by atoms with Crippen LogP contribution in [0.2, 0.25) is 0 Å². The van der Waals surface area contributed by atoms with E-state index in [1.165, 1.54) is 0 Å². The van der Waals surface area contributed by atoms with Crippen LogP contribution in [0.25, 0.3) is 0 Å². The molecule has 1 aliphatic carbocycles. The molecule has 3 N–H and O–H groups in total. The molecule has 3 amide bonds. The van der Waals surface area contributed by atoms with Crippen LogP contribution in [-0.4, -0.2) is 24.5 Å². The van der Waals surface area contributed by atoms with Gasteiger partial charge in [-0.05, 0) is 56.9 Å². The van der Waals surface area contributed by atoms with E-state index in [4.69, 9.17) is 0 Å². The number of hydrogen-bond acceptors (Lipinski definition) is 2. The third kappa shape index (κ3) is 13.8. The zero-order chi connectivity index (χ0) is 25.1. The molecule has 188 valence electrons. The fourth-order valence-corrected chi connectivity index (χ4v) is 3.68. The highest BCUT2D eigenvalue weighted by molar-refractivity contribution is 5.78. The van der Waals surface area contributed by atoms with Crippen molar-refractivity contribution >= 4 is 11.9 Å². The summed E-state index contributed by atoms with van der Waals surface area (Å²) in [4.78, 5) is 24.7. The Bertz CT molecular complexity index is 664. The van der Waals surface area contributed by atoms with Gasteiger partial charge in [-0.2, -0.15) is 0 Å². The first-order valence-electron chi connectivity index (χ1n) is 13.0. The van der Waals surface area contributed by atoms with Crippen LogP contribution in [0.5, 0.6) is 0 Å². The Morgan fingerprint density at radius 3 is 2.52 bits per heavy atom. The number of nitrogens with one attached hydrogen (secondary N) is 3. The summed E-state index contributed by atoms with van der Waals surface area (Å²) in [5.74, 6) is 1.07. The number of carbonyl (C=O) groups is 2. The zero-order valence-electron chi connectivity index (χ0n) is 22.1. The van der Waals surface area contributed by atoms with E-state index in [9.17, 15) is 9.59 Å². The molecule has 0 aromatic carbocycles. The molecular weight excluding hydrogens is 410 g/mol. The predicted octanol–water partition coefficient (Wildman–Crippen LogP) is 6.65. The van der Waals surface area contributed by atoms with E-state index in [0.29, 0.717) is 18.4 Å². The summed E-state index contributed by atoms with van der Waals surface area (Å²) in [5, 5.41) is 9.06. The average Bonchev–Trinajstić information content (AvgIpc) is 3.01. The van der Waals surface area contributed by atoms with Gasteiger partial charge in [0.05, 0.1) is 0 Å². The van der Waals surface area contributed by atoms with E-state index >= 15 is 0 Å². The minimum Gasteiger partial charge on any atom is -0.353 e. The quantitative estimate of drug-likeness (QED) is 0.286. The molecule has 0 aliphatic heterocycles. The Morgan fingerprint density at radius 2 is 1.88 bits per heavy atom. The van der Waals surface area contributed by atoms with Crippen molar-refractivity contribution in [2.75, 3.05) is 6.54 Å². The molecule has 4 atom stereocenters. The van der Waals surface area contributed by atoms with Crippen LogP contribution in [-0.2, 0) is 4.79 Å². The highest BCUT2D eigenvalue weighted by atomic mass is 16.2. The number of amides is 3. The summed E-state index contributed by atoms with van der Waals surface area (Å²) in [6.07, 6.45) is 19.7. The maximum atomic E-state index is 12.4. The van der Waals surface area contributed by atoms with Gasteiger partial charge in [-0.25, -0.2) is 4.79 Å². The molecule has 0 saturated heterocycles. The van der Waals surface area contributed by atoms with Gasteiger partial charge in [0, 0.05) is 24.2 Å². The third-order valence-electron chi connectivity index (χ3n) is 5.73. The van der Waals surface area contributed by atoms with Gasteiger partial charge in [0.1, 0.15) is 0 Å². The lowest BCUT2D eigenvalue weighted by atomic mass is 9.92. The van der Waals surface area contributed by atoms with Gasteiger partial charge in [-0.3, -0.25) is 4.79 Å². The summed E-state index contributed by atoms with van der Waals surface area (Å²) >= 11 is 0. The number of rotatable bonds is 12. The summed E-state index contributed by atoms with van der Waals surface area (Å²) in [5.41, 5.74) is 0.782. The Hall–Kier alpha value is -2.30. The molecule has 1 rings (SSSR count). The van der Waals surface area contributed by atoms with Crippen LogP contribution < -0.4 is 16.0 Å². The van der Waals surface area contributed by atoms with Crippen molar-refractivity contribution in [3.63, 3.8) is 0 Å². The summed E-state index contributed by atoms with van der Waals surface area (Å²) < 4.78 is 0. The molecule has 0 aromatic heterocycles. The maximum Gasteiger partial charge on any atom is 0.319 e. The molecule has 33 heavy (non-hydrogen) atoms. The fraction of sp³-hybridized carbons (Fsp3) is 0.643. The molecule has 0 radical (unpaired) electrons.